The number of ether oxygens (including phenoxy) is 7. The van der Waals surface area contributed by atoms with Crippen molar-refractivity contribution in [1.29, 1.82) is 0 Å². The number of unbranched alkanes of at least 4 members (excludes halogenated alkanes) is 14. The Morgan fingerprint density at radius 1 is 0.500 bits per heavy atom. The second kappa shape index (κ2) is 32.0. The van der Waals surface area contributed by atoms with Gasteiger partial charge in [0.2, 0.25) is 0 Å². The van der Waals surface area contributed by atoms with Gasteiger partial charge in [0, 0.05) is 25.9 Å². The molecule has 0 aromatic heterocycles. The van der Waals surface area contributed by atoms with Crippen molar-refractivity contribution in [1.82, 2.24) is 4.90 Å². The molecule has 56 heavy (non-hydrogen) atoms. The number of amides is 1. The highest BCUT2D eigenvalue weighted by Crippen LogP contribution is 2.44. The van der Waals surface area contributed by atoms with Crippen LogP contribution in [0.1, 0.15) is 127 Å². The van der Waals surface area contributed by atoms with Crippen LogP contribution in [-0.4, -0.2) is 110 Å². The summed E-state index contributed by atoms with van der Waals surface area (Å²) in [6, 6.07) is 16.6. The summed E-state index contributed by atoms with van der Waals surface area (Å²) >= 11 is 0. The largest absolute Gasteiger partial charge is 0.463 e. The first-order valence-electron chi connectivity index (χ1n) is 21.7. The maximum atomic E-state index is 12.6. The fraction of sp³-hybridized carbons (Fsp3) is 0.696. The van der Waals surface area contributed by atoms with Crippen LogP contribution >= 0.6 is 0 Å². The van der Waals surface area contributed by atoms with Gasteiger partial charge in [0.1, 0.15) is 13.2 Å². The molecule has 0 atom stereocenters. The summed E-state index contributed by atoms with van der Waals surface area (Å²) in [5, 5.41) is 0. The lowest BCUT2D eigenvalue weighted by Crippen LogP contribution is -2.32. The Hall–Kier alpha value is -3.02. The molecule has 2 aromatic rings. The third-order valence-electron chi connectivity index (χ3n) is 10.2. The zero-order chi connectivity index (χ0) is 39.7. The van der Waals surface area contributed by atoms with Crippen molar-refractivity contribution < 1.29 is 42.7 Å². The maximum absolute atomic E-state index is 12.6. The molecule has 10 heteroatoms. The third-order valence-corrected chi connectivity index (χ3v) is 10.2. The standard InChI is InChI=1S/C46H73NO9/c1-3-4-5-6-7-8-9-10-11-12-13-14-15-16-17-26-45(48)55-38-37-54-36-35-53-34-33-52-32-31-51-30-29-50-28-27-47(2)46(49)56-39-44-42-24-20-18-22-40(42)41-23-19-21-25-43(41)44/h18-25,44H,3-17,26-39H2,1-2H3. The van der Waals surface area contributed by atoms with Gasteiger partial charge in [-0.15, -0.1) is 0 Å². The monoisotopic (exact) mass is 784 g/mol. The predicted molar refractivity (Wildman–Crippen MR) is 222 cm³/mol. The van der Waals surface area contributed by atoms with Crippen molar-refractivity contribution in [3.63, 3.8) is 0 Å². The minimum absolute atomic E-state index is 0.0398. The molecule has 1 amide bonds. The Bertz CT molecular complexity index is 1250. The summed E-state index contributed by atoms with van der Waals surface area (Å²) < 4.78 is 38.7. The van der Waals surface area contributed by atoms with E-state index in [1.54, 1.807) is 7.05 Å². The average Bonchev–Trinajstić information content (AvgIpc) is 3.54. The van der Waals surface area contributed by atoms with E-state index in [4.69, 9.17) is 33.2 Å². The topological polar surface area (TPSA) is 102 Å². The van der Waals surface area contributed by atoms with Gasteiger partial charge >= 0.3 is 12.1 Å². The number of hydrogen-bond acceptors (Lipinski definition) is 9. The lowest BCUT2D eigenvalue weighted by molar-refractivity contribution is -0.145. The molecule has 0 saturated heterocycles. The first-order valence-corrected chi connectivity index (χ1v) is 21.7. The summed E-state index contributed by atoms with van der Waals surface area (Å²) in [4.78, 5) is 26.1. The summed E-state index contributed by atoms with van der Waals surface area (Å²) in [6.45, 7) is 7.71. The maximum Gasteiger partial charge on any atom is 0.409 e. The van der Waals surface area contributed by atoms with Crippen LogP contribution in [0.15, 0.2) is 48.5 Å². The van der Waals surface area contributed by atoms with Crippen molar-refractivity contribution in [3.8, 4) is 11.1 Å². The second-order valence-electron chi connectivity index (χ2n) is 14.7. The second-order valence-corrected chi connectivity index (χ2v) is 14.7. The van der Waals surface area contributed by atoms with E-state index >= 15 is 0 Å². The van der Waals surface area contributed by atoms with Gasteiger partial charge in [0.05, 0.1) is 66.1 Å². The van der Waals surface area contributed by atoms with Crippen LogP contribution in [0, 0.1) is 0 Å². The summed E-state index contributed by atoms with van der Waals surface area (Å²) in [6.07, 6.45) is 19.8. The molecule has 3 rings (SSSR count). The molecule has 1 aliphatic rings. The highest BCUT2D eigenvalue weighted by atomic mass is 16.6. The van der Waals surface area contributed by atoms with Crippen LogP contribution in [0.5, 0.6) is 0 Å². The van der Waals surface area contributed by atoms with E-state index in [0.29, 0.717) is 85.6 Å². The smallest absolute Gasteiger partial charge is 0.409 e. The van der Waals surface area contributed by atoms with Crippen molar-refractivity contribution in [2.24, 2.45) is 0 Å². The molecule has 2 aromatic carbocycles. The SMILES string of the molecule is CCCCCCCCCCCCCCCCCC(=O)OCCOCCOCCOCCOCCOCCN(C)C(=O)OCC1c2ccccc2-c2ccccc21. The molecule has 10 nitrogen and oxygen atoms in total. The highest BCUT2D eigenvalue weighted by Gasteiger charge is 2.29. The Labute approximate surface area is 338 Å². The molecule has 0 spiro atoms. The molecule has 0 unspecified atom stereocenters. The molecular formula is C46H73NO9. The van der Waals surface area contributed by atoms with E-state index in [1.807, 2.05) is 24.3 Å². The number of rotatable bonds is 36. The van der Waals surface area contributed by atoms with Crippen LogP contribution in [0.4, 0.5) is 4.79 Å². The lowest BCUT2D eigenvalue weighted by atomic mass is 9.98. The van der Waals surface area contributed by atoms with Crippen molar-refractivity contribution in [2.45, 2.75) is 116 Å². The number of fused-ring (bicyclic) bond motifs is 3. The molecular weight excluding hydrogens is 711 g/mol. The van der Waals surface area contributed by atoms with Crippen molar-refractivity contribution in [2.75, 3.05) is 92.9 Å². The number of hydrogen-bond donors (Lipinski definition) is 0. The Kier molecular flexibility index (Phi) is 27.1. The molecule has 0 saturated carbocycles. The van der Waals surface area contributed by atoms with Crippen molar-refractivity contribution >= 4 is 12.1 Å². The molecule has 316 valence electrons. The molecule has 0 bridgehead atoms. The fourth-order valence-corrected chi connectivity index (χ4v) is 6.91. The minimum Gasteiger partial charge on any atom is -0.463 e. The van der Waals surface area contributed by atoms with E-state index in [1.165, 1.54) is 111 Å². The summed E-state index contributed by atoms with van der Waals surface area (Å²) in [5.41, 5.74) is 4.80. The third kappa shape index (κ3) is 20.9. The van der Waals surface area contributed by atoms with Crippen LogP contribution in [0.3, 0.4) is 0 Å². The fourth-order valence-electron chi connectivity index (χ4n) is 6.91. The summed E-state index contributed by atoms with van der Waals surface area (Å²) in [5.74, 6) is -0.0950. The van der Waals surface area contributed by atoms with E-state index in [9.17, 15) is 9.59 Å². The van der Waals surface area contributed by atoms with Gasteiger partial charge in [-0.1, -0.05) is 145 Å². The molecule has 0 fully saturated rings. The first-order chi connectivity index (χ1) is 27.6. The molecule has 0 heterocycles. The number of nitrogens with zero attached hydrogens (tertiary/aromatic N) is 1. The normalized spacial score (nSPS) is 12.1. The first kappa shape index (κ1) is 47.4. The minimum atomic E-state index is -0.362. The highest BCUT2D eigenvalue weighted by molar-refractivity contribution is 5.79. The van der Waals surface area contributed by atoms with Gasteiger partial charge in [-0.3, -0.25) is 4.79 Å². The van der Waals surface area contributed by atoms with Crippen LogP contribution in [0.25, 0.3) is 11.1 Å². The average molecular weight is 784 g/mol. The zero-order valence-corrected chi connectivity index (χ0v) is 34.8. The quantitative estimate of drug-likeness (QED) is 0.0494. The molecule has 0 N–H and O–H groups in total. The van der Waals surface area contributed by atoms with E-state index in [2.05, 4.69) is 31.2 Å². The van der Waals surface area contributed by atoms with Crippen molar-refractivity contribution in [3.05, 3.63) is 59.7 Å². The van der Waals surface area contributed by atoms with Gasteiger partial charge in [-0.25, -0.2) is 4.79 Å². The number of likely N-dealkylation sites (N-methyl/N-ethyl adjacent to an activating group) is 1. The Morgan fingerprint density at radius 3 is 1.36 bits per heavy atom. The molecule has 0 aliphatic heterocycles. The van der Waals surface area contributed by atoms with E-state index in [0.717, 1.165) is 12.8 Å². The van der Waals surface area contributed by atoms with Gasteiger partial charge in [-0.05, 0) is 28.7 Å². The van der Waals surface area contributed by atoms with Crippen LogP contribution < -0.4 is 0 Å². The van der Waals surface area contributed by atoms with Gasteiger partial charge in [0.15, 0.2) is 0 Å². The van der Waals surface area contributed by atoms with Crippen LogP contribution in [0.2, 0.25) is 0 Å². The number of benzene rings is 2. The molecule has 0 radical (unpaired) electrons. The zero-order valence-electron chi connectivity index (χ0n) is 34.8. The van der Waals surface area contributed by atoms with Gasteiger partial charge in [0.25, 0.3) is 0 Å². The Morgan fingerprint density at radius 2 is 0.893 bits per heavy atom. The van der Waals surface area contributed by atoms with Gasteiger partial charge in [-0.2, -0.15) is 0 Å². The summed E-state index contributed by atoms with van der Waals surface area (Å²) in [7, 11) is 1.72. The Balaban J connectivity index is 0.986. The number of esters is 1. The van der Waals surface area contributed by atoms with E-state index < -0.39 is 0 Å². The number of carbonyl (C=O) groups is 2. The number of carbonyl (C=O) groups excluding carboxylic acids is 2. The predicted octanol–water partition coefficient (Wildman–Crippen LogP) is 9.76. The lowest BCUT2D eigenvalue weighted by Gasteiger charge is -2.19. The van der Waals surface area contributed by atoms with E-state index in [-0.39, 0.29) is 24.6 Å². The van der Waals surface area contributed by atoms with Crippen LogP contribution in [-0.2, 0) is 38.0 Å². The molecule has 1 aliphatic carbocycles. The van der Waals surface area contributed by atoms with Gasteiger partial charge < -0.3 is 38.1 Å².